The molecule has 0 unspecified atom stereocenters. The molecular weight excluding hydrogens is 212 g/mol. The van der Waals surface area contributed by atoms with Crippen LogP contribution >= 0.6 is 0 Å². The van der Waals surface area contributed by atoms with Gasteiger partial charge in [-0.2, -0.15) is 0 Å². The molecule has 1 aliphatic rings. The molecule has 0 radical (unpaired) electrons. The Balaban J connectivity index is 2.05. The Morgan fingerprint density at radius 2 is 1.88 bits per heavy atom. The van der Waals surface area contributed by atoms with Crippen molar-refractivity contribution < 1.29 is 13.9 Å². The van der Waals surface area contributed by atoms with Gasteiger partial charge in [0.2, 0.25) is 0 Å². The molecule has 88 valence electrons. The molecule has 0 heterocycles. The van der Waals surface area contributed by atoms with Crippen molar-refractivity contribution in [3.05, 3.63) is 29.8 Å². The zero-order valence-corrected chi connectivity index (χ0v) is 8.92. The second-order valence-electron chi connectivity index (χ2n) is 4.23. The number of benzene rings is 1. The van der Waals surface area contributed by atoms with Crippen molar-refractivity contribution in [1.82, 2.24) is 0 Å². The first-order valence-corrected chi connectivity index (χ1v) is 5.56. The molecule has 16 heavy (non-hydrogen) atoms. The minimum absolute atomic E-state index is 0.0568. The summed E-state index contributed by atoms with van der Waals surface area (Å²) in [7, 11) is 0. The molecule has 1 aromatic rings. The summed E-state index contributed by atoms with van der Waals surface area (Å²) < 4.78 is 25.7. The van der Waals surface area contributed by atoms with E-state index >= 15 is 0 Å². The number of anilines is 1. The summed E-state index contributed by atoms with van der Waals surface area (Å²) >= 11 is 0. The normalized spacial score (nSPS) is 25.4. The van der Waals surface area contributed by atoms with Crippen LogP contribution in [-0.2, 0) is 0 Å². The maximum absolute atomic E-state index is 13.0. The second-order valence-corrected chi connectivity index (χ2v) is 4.23. The fourth-order valence-electron chi connectivity index (χ4n) is 2.08. The third-order valence-corrected chi connectivity index (χ3v) is 3.00. The molecule has 2 rings (SSSR count). The average molecular weight is 227 g/mol. The predicted octanol–water partition coefficient (Wildman–Crippen LogP) is 2.68. The standard InChI is InChI=1S/C12H15F2NO/c13-9-6-5-8(7-10(9)14)15-11-3-1-2-4-12(11)16/h5-7,11-12,15-16H,1-4H2/t11-,12-/m1/s1. The van der Waals surface area contributed by atoms with E-state index in [9.17, 15) is 13.9 Å². The molecule has 1 fully saturated rings. The Hall–Kier alpha value is -1.16. The number of halogens is 2. The molecule has 0 aromatic heterocycles. The molecule has 2 nitrogen and oxygen atoms in total. The van der Waals surface area contributed by atoms with E-state index in [-0.39, 0.29) is 6.04 Å². The van der Waals surface area contributed by atoms with Gasteiger partial charge in [0.25, 0.3) is 0 Å². The summed E-state index contributed by atoms with van der Waals surface area (Å²) in [6.45, 7) is 0. The van der Waals surface area contributed by atoms with Crippen LogP contribution in [0, 0.1) is 11.6 Å². The van der Waals surface area contributed by atoms with Gasteiger partial charge in [-0.05, 0) is 25.0 Å². The summed E-state index contributed by atoms with van der Waals surface area (Å²) in [5.74, 6) is -1.72. The summed E-state index contributed by atoms with van der Waals surface area (Å²) in [4.78, 5) is 0. The molecule has 2 atom stereocenters. The van der Waals surface area contributed by atoms with Crippen LogP contribution in [0.25, 0.3) is 0 Å². The number of hydrogen-bond donors (Lipinski definition) is 2. The first-order chi connectivity index (χ1) is 7.66. The van der Waals surface area contributed by atoms with Crippen molar-refractivity contribution in [3.63, 3.8) is 0 Å². The summed E-state index contributed by atoms with van der Waals surface area (Å²) in [6, 6.07) is 3.64. The Bertz CT molecular complexity index is 370. The molecule has 1 aromatic carbocycles. The average Bonchev–Trinajstić information content (AvgIpc) is 2.27. The Morgan fingerprint density at radius 3 is 2.56 bits per heavy atom. The van der Waals surface area contributed by atoms with Crippen molar-refractivity contribution >= 4 is 5.69 Å². The highest BCUT2D eigenvalue weighted by atomic mass is 19.2. The Labute approximate surface area is 93.3 Å². The maximum atomic E-state index is 13.0. The van der Waals surface area contributed by atoms with Gasteiger partial charge in [-0.3, -0.25) is 0 Å². The van der Waals surface area contributed by atoms with Gasteiger partial charge >= 0.3 is 0 Å². The molecule has 2 N–H and O–H groups in total. The van der Waals surface area contributed by atoms with E-state index in [1.165, 1.54) is 6.07 Å². The number of nitrogens with one attached hydrogen (secondary N) is 1. The lowest BCUT2D eigenvalue weighted by atomic mass is 9.92. The van der Waals surface area contributed by atoms with Crippen molar-refractivity contribution in [3.8, 4) is 0 Å². The van der Waals surface area contributed by atoms with Gasteiger partial charge in [0.1, 0.15) is 0 Å². The summed E-state index contributed by atoms with van der Waals surface area (Å²) in [5.41, 5.74) is 0.518. The highest BCUT2D eigenvalue weighted by Gasteiger charge is 2.22. The number of hydrogen-bond acceptors (Lipinski definition) is 2. The molecule has 1 aliphatic carbocycles. The quantitative estimate of drug-likeness (QED) is 0.814. The minimum atomic E-state index is -0.865. The van der Waals surface area contributed by atoms with Crippen molar-refractivity contribution in [2.24, 2.45) is 0 Å². The maximum Gasteiger partial charge on any atom is 0.160 e. The van der Waals surface area contributed by atoms with Gasteiger partial charge < -0.3 is 10.4 Å². The molecule has 0 amide bonds. The second kappa shape index (κ2) is 4.78. The number of rotatable bonds is 2. The Kier molecular flexibility index (Phi) is 3.39. The van der Waals surface area contributed by atoms with Gasteiger partial charge in [0.05, 0.1) is 12.1 Å². The van der Waals surface area contributed by atoms with Gasteiger partial charge in [-0.25, -0.2) is 8.78 Å². The first kappa shape index (κ1) is 11.3. The van der Waals surface area contributed by atoms with E-state index in [1.807, 2.05) is 0 Å². The summed E-state index contributed by atoms with van der Waals surface area (Å²) in [5, 5.41) is 12.8. The topological polar surface area (TPSA) is 32.3 Å². The third kappa shape index (κ3) is 2.50. The zero-order chi connectivity index (χ0) is 11.5. The van der Waals surface area contributed by atoms with Crippen LogP contribution in [-0.4, -0.2) is 17.3 Å². The van der Waals surface area contributed by atoms with Crippen molar-refractivity contribution in [1.29, 1.82) is 0 Å². The van der Waals surface area contributed by atoms with Gasteiger partial charge in [0, 0.05) is 11.8 Å². The number of aliphatic hydroxyl groups is 1. The Morgan fingerprint density at radius 1 is 1.12 bits per heavy atom. The van der Waals surface area contributed by atoms with Crippen LogP contribution < -0.4 is 5.32 Å². The van der Waals surface area contributed by atoms with Gasteiger partial charge in [0.15, 0.2) is 11.6 Å². The van der Waals surface area contributed by atoms with E-state index < -0.39 is 17.7 Å². The fourth-order valence-corrected chi connectivity index (χ4v) is 2.08. The van der Waals surface area contributed by atoms with Crippen LogP contribution in [0.4, 0.5) is 14.5 Å². The molecular formula is C12H15F2NO. The largest absolute Gasteiger partial charge is 0.391 e. The van der Waals surface area contributed by atoms with E-state index in [0.29, 0.717) is 5.69 Å². The lowest BCUT2D eigenvalue weighted by Crippen LogP contribution is -2.36. The smallest absolute Gasteiger partial charge is 0.160 e. The third-order valence-electron chi connectivity index (χ3n) is 3.00. The van der Waals surface area contributed by atoms with Gasteiger partial charge in [-0.15, -0.1) is 0 Å². The van der Waals surface area contributed by atoms with E-state index in [2.05, 4.69) is 5.32 Å². The number of aliphatic hydroxyl groups excluding tert-OH is 1. The lowest BCUT2D eigenvalue weighted by Gasteiger charge is -2.29. The lowest BCUT2D eigenvalue weighted by molar-refractivity contribution is 0.116. The first-order valence-electron chi connectivity index (χ1n) is 5.56. The molecule has 1 saturated carbocycles. The molecule has 4 heteroatoms. The molecule has 0 bridgehead atoms. The highest BCUT2D eigenvalue weighted by molar-refractivity contribution is 5.44. The van der Waals surface area contributed by atoms with Crippen LogP contribution in [0.5, 0.6) is 0 Å². The highest BCUT2D eigenvalue weighted by Crippen LogP contribution is 2.23. The van der Waals surface area contributed by atoms with Crippen LogP contribution in [0.2, 0.25) is 0 Å². The van der Waals surface area contributed by atoms with Crippen molar-refractivity contribution in [2.45, 2.75) is 37.8 Å². The molecule has 0 aliphatic heterocycles. The predicted molar refractivity (Wildman–Crippen MR) is 58.2 cm³/mol. The van der Waals surface area contributed by atoms with Crippen LogP contribution in [0.1, 0.15) is 25.7 Å². The van der Waals surface area contributed by atoms with E-state index in [0.717, 1.165) is 37.8 Å². The van der Waals surface area contributed by atoms with E-state index in [4.69, 9.17) is 0 Å². The van der Waals surface area contributed by atoms with Crippen LogP contribution in [0.3, 0.4) is 0 Å². The zero-order valence-electron chi connectivity index (χ0n) is 8.92. The monoisotopic (exact) mass is 227 g/mol. The van der Waals surface area contributed by atoms with E-state index in [1.54, 1.807) is 0 Å². The van der Waals surface area contributed by atoms with Crippen molar-refractivity contribution in [2.75, 3.05) is 5.32 Å². The van der Waals surface area contributed by atoms with Crippen LogP contribution in [0.15, 0.2) is 18.2 Å². The minimum Gasteiger partial charge on any atom is -0.391 e. The summed E-state index contributed by atoms with van der Waals surface area (Å²) in [6.07, 6.45) is 3.30. The molecule has 0 spiro atoms. The van der Waals surface area contributed by atoms with Gasteiger partial charge in [-0.1, -0.05) is 12.8 Å². The fraction of sp³-hybridized carbons (Fsp3) is 0.500. The molecule has 0 saturated heterocycles. The SMILES string of the molecule is O[C@@H]1CCCC[C@H]1Nc1ccc(F)c(F)c1.